The predicted molar refractivity (Wildman–Crippen MR) is 127 cm³/mol. The molecule has 2 heterocycles. The topological polar surface area (TPSA) is 85.5 Å². The minimum Gasteiger partial charge on any atom is -0.355 e. The molecule has 2 aromatic rings. The minimum absolute atomic E-state index is 0.0110. The number of rotatable bonds is 9. The van der Waals surface area contributed by atoms with Crippen LogP contribution in [0.2, 0.25) is 0 Å². The average Bonchev–Trinajstić information content (AvgIpc) is 3.12. The Bertz CT molecular complexity index is 987. The monoisotopic (exact) mass is 438 g/mol. The van der Waals surface area contributed by atoms with E-state index in [1.165, 1.54) is 0 Å². The summed E-state index contributed by atoms with van der Waals surface area (Å²) in [6.45, 7) is 11.0. The maximum absolute atomic E-state index is 12.9. The minimum atomic E-state index is -0.0124. The Morgan fingerprint density at radius 1 is 0.969 bits per heavy atom. The van der Waals surface area contributed by atoms with E-state index in [-0.39, 0.29) is 17.5 Å². The highest BCUT2D eigenvalue weighted by atomic mass is 16.2. The molecule has 0 radical (unpaired) electrons. The third-order valence-corrected chi connectivity index (χ3v) is 6.15. The third-order valence-electron chi connectivity index (χ3n) is 6.15. The number of hydrogen-bond donors (Lipinski definition) is 2. The third kappa shape index (κ3) is 5.53. The number of aromatic amines is 1. The van der Waals surface area contributed by atoms with Gasteiger partial charge in [-0.1, -0.05) is 32.0 Å². The highest BCUT2D eigenvalue weighted by Gasteiger charge is 2.25. The van der Waals surface area contributed by atoms with Gasteiger partial charge >= 0.3 is 0 Å². The van der Waals surface area contributed by atoms with Crippen LogP contribution in [0.25, 0.3) is 0 Å². The number of H-pyrrole nitrogens is 1. The summed E-state index contributed by atoms with van der Waals surface area (Å²) < 4.78 is 0. The van der Waals surface area contributed by atoms with Gasteiger partial charge in [0.25, 0.3) is 0 Å². The SMILES string of the molecule is CCc1ccccc1NC(=O)CN1CCN(CC(=O)c2[nH]c(C)c(C(C)=O)c2CC)CC1. The molecule has 1 aromatic carbocycles. The number of benzene rings is 1. The molecule has 32 heavy (non-hydrogen) atoms. The summed E-state index contributed by atoms with van der Waals surface area (Å²) in [5.74, 6) is -0.00967. The fourth-order valence-corrected chi connectivity index (χ4v) is 4.48. The lowest BCUT2D eigenvalue weighted by molar-refractivity contribution is -0.117. The molecule has 1 aromatic heterocycles. The first-order valence-electron chi connectivity index (χ1n) is 11.4. The van der Waals surface area contributed by atoms with Crippen molar-refractivity contribution in [1.29, 1.82) is 0 Å². The number of ketones is 2. The van der Waals surface area contributed by atoms with Crippen molar-refractivity contribution < 1.29 is 14.4 Å². The zero-order valence-corrected chi connectivity index (χ0v) is 19.6. The Balaban J connectivity index is 1.52. The van der Waals surface area contributed by atoms with Crippen molar-refractivity contribution in [3.63, 3.8) is 0 Å². The molecule has 0 atom stereocenters. The average molecular weight is 439 g/mol. The molecule has 0 aliphatic carbocycles. The van der Waals surface area contributed by atoms with Crippen LogP contribution in [0.5, 0.6) is 0 Å². The van der Waals surface area contributed by atoms with Crippen molar-refractivity contribution in [3.8, 4) is 0 Å². The smallest absolute Gasteiger partial charge is 0.238 e. The lowest BCUT2D eigenvalue weighted by Gasteiger charge is -2.33. The zero-order valence-electron chi connectivity index (χ0n) is 19.6. The number of anilines is 1. The second kappa shape index (κ2) is 10.7. The van der Waals surface area contributed by atoms with E-state index in [4.69, 9.17) is 0 Å². The van der Waals surface area contributed by atoms with Crippen LogP contribution < -0.4 is 5.32 Å². The summed E-state index contributed by atoms with van der Waals surface area (Å²) in [7, 11) is 0. The van der Waals surface area contributed by atoms with Gasteiger partial charge in [0.05, 0.1) is 18.8 Å². The van der Waals surface area contributed by atoms with E-state index in [2.05, 4.69) is 27.0 Å². The Hall–Kier alpha value is -2.77. The van der Waals surface area contributed by atoms with Crippen molar-refractivity contribution in [2.24, 2.45) is 0 Å². The highest BCUT2D eigenvalue weighted by Crippen LogP contribution is 2.21. The molecular formula is C25H34N4O3. The first-order valence-corrected chi connectivity index (χ1v) is 11.4. The number of nitrogens with one attached hydrogen (secondary N) is 2. The van der Waals surface area contributed by atoms with Gasteiger partial charge in [0, 0.05) is 43.1 Å². The summed E-state index contributed by atoms with van der Waals surface area (Å²) in [6.07, 6.45) is 1.52. The number of para-hydroxylation sites is 1. The van der Waals surface area contributed by atoms with Gasteiger partial charge in [-0.25, -0.2) is 0 Å². The van der Waals surface area contributed by atoms with Gasteiger partial charge in [-0.05, 0) is 43.9 Å². The van der Waals surface area contributed by atoms with Gasteiger partial charge in [0.1, 0.15) is 0 Å². The van der Waals surface area contributed by atoms with Crippen LogP contribution in [-0.2, 0) is 17.6 Å². The van der Waals surface area contributed by atoms with Crippen LogP contribution in [-0.4, -0.2) is 71.5 Å². The molecule has 0 saturated carbocycles. The molecule has 0 unspecified atom stereocenters. The Kier molecular flexibility index (Phi) is 7.99. The maximum Gasteiger partial charge on any atom is 0.238 e. The molecule has 1 aliphatic rings. The van der Waals surface area contributed by atoms with Crippen LogP contribution in [0.3, 0.4) is 0 Å². The Morgan fingerprint density at radius 3 is 2.19 bits per heavy atom. The molecule has 1 aliphatic heterocycles. The first kappa shape index (κ1) is 23.9. The standard InChI is InChI=1S/C25H34N4O3/c1-5-19-9-7-8-10-21(19)27-23(32)16-29-13-11-28(12-14-29)15-22(31)25-20(6-2)24(18(4)30)17(3)26-25/h7-10,26H,5-6,11-16H2,1-4H3,(H,27,32). The summed E-state index contributed by atoms with van der Waals surface area (Å²) in [4.78, 5) is 44.8. The maximum atomic E-state index is 12.9. The van der Waals surface area contributed by atoms with Crippen LogP contribution in [0, 0.1) is 6.92 Å². The van der Waals surface area contributed by atoms with Gasteiger partial charge in [-0.15, -0.1) is 0 Å². The van der Waals surface area contributed by atoms with E-state index < -0.39 is 0 Å². The summed E-state index contributed by atoms with van der Waals surface area (Å²) in [5, 5.41) is 3.02. The fourth-order valence-electron chi connectivity index (χ4n) is 4.48. The normalized spacial score (nSPS) is 15.0. The van der Waals surface area contributed by atoms with E-state index in [1.54, 1.807) is 6.92 Å². The quantitative estimate of drug-likeness (QED) is 0.588. The van der Waals surface area contributed by atoms with E-state index in [0.29, 0.717) is 30.8 Å². The molecule has 172 valence electrons. The summed E-state index contributed by atoms with van der Waals surface area (Å²) in [6, 6.07) is 7.87. The number of amides is 1. The second-order valence-electron chi connectivity index (χ2n) is 8.42. The highest BCUT2D eigenvalue weighted by molar-refractivity contribution is 6.04. The number of aromatic nitrogens is 1. The Labute approximate surface area is 190 Å². The summed E-state index contributed by atoms with van der Waals surface area (Å²) >= 11 is 0. The van der Waals surface area contributed by atoms with E-state index in [9.17, 15) is 14.4 Å². The summed E-state index contributed by atoms with van der Waals surface area (Å²) in [5.41, 5.74) is 4.80. The molecular weight excluding hydrogens is 404 g/mol. The van der Waals surface area contributed by atoms with Crippen LogP contribution in [0.4, 0.5) is 5.69 Å². The molecule has 3 rings (SSSR count). The molecule has 2 N–H and O–H groups in total. The molecule has 0 bridgehead atoms. The zero-order chi connectivity index (χ0) is 23.3. The largest absolute Gasteiger partial charge is 0.355 e. The van der Waals surface area contributed by atoms with Crippen molar-refractivity contribution in [2.75, 3.05) is 44.6 Å². The van der Waals surface area contributed by atoms with Crippen molar-refractivity contribution in [3.05, 3.63) is 52.3 Å². The van der Waals surface area contributed by atoms with Crippen molar-refractivity contribution in [2.45, 2.75) is 40.5 Å². The van der Waals surface area contributed by atoms with Crippen LogP contribution in [0.1, 0.15) is 58.4 Å². The van der Waals surface area contributed by atoms with Crippen LogP contribution >= 0.6 is 0 Å². The lowest BCUT2D eigenvalue weighted by Crippen LogP contribution is -2.49. The van der Waals surface area contributed by atoms with E-state index in [0.717, 1.165) is 55.1 Å². The van der Waals surface area contributed by atoms with Crippen LogP contribution in [0.15, 0.2) is 24.3 Å². The lowest BCUT2D eigenvalue weighted by atomic mass is 10.0. The van der Waals surface area contributed by atoms with Gasteiger partial charge in [0.15, 0.2) is 11.6 Å². The molecule has 0 spiro atoms. The van der Waals surface area contributed by atoms with Crippen molar-refractivity contribution in [1.82, 2.24) is 14.8 Å². The van der Waals surface area contributed by atoms with Gasteiger partial charge < -0.3 is 10.3 Å². The molecule has 1 amide bonds. The van der Waals surface area contributed by atoms with Gasteiger partial charge in [-0.3, -0.25) is 24.2 Å². The van der Waals surface area contributed by atoms with Crippen molar-refractivity contribution >= 4 is 23.2 Å². The van der Waals surface area contributed by atoms with Gasteiger partial charge in [-0.2, -0.15) is 0 Å². The number of carbonyl (C=O) groups is 3. The van der Waals surface area contributed by atoms with E-state index >= 15 is 0 Å². The number of nitrogens with zero attached hydrogens (tertiary/aromatic N) is 2. The number of aryl methyl sites for hydroxylation is 2. The molecule has 7 heteroatoms. The fraction of sp³-hybridized carbons (Fsp3) is 0.480. The van der Waals surface area contributed by atoms with E-state index in [1.807, 2.05) is 38.1 Å². The Morgan fingerprint density at radius 2 is 1.59 bits per heavy atom. The first-order chi connectivity index (χ1) is 15.3. The number of carbonyl (C=O) groups excluding carboxylic acids is 3. The molecule has 1 fully saturated rings. The second-order valence-corrected chi connectivity index (χ2v) is 8.42. The number of Topliss-reactive ketones (excluding diaryl/α,β-unsaturated/α-hetero) is 2. The predicted octanol–water partition coefficient (Wildman–Crippen LogP) is 3.09. The molecule has 1 saturated heterocycles. The number of piperazine rings is 1. The number of hydrogen-bond acceptors (Lipinski definition) is 5. The van der Waals surface area contributed by atoms with Gasteiger partial charge in [0.2, 0.25) is 5.91 Å². The molecule has 7 nitrogen and oxygen atoms in total.